The molecule has 1 aromatic carbocycles. The number of carbonyl (C=O) groups is 1. The molecule has 190 valence electrons. The molecule has 2 amide bonds. The molecular formula is C23H21B5F3N7O. The summed E-state index contributed by atoms with van der Waals surface area (Å²) in [6.07, 6.45) is 0.178. The number of anilines is 2. The smallest absolute Gasteiger partial charge is 0.354 e. The lowest BCUT2D eigenvalue weighted by molar-refractivity contribution is -0.137. The molecule has 1 saturated heterocycles. The summed E-state index contributed by atoms with van der Waals surface area (Å²) in [6, 6.07) is 4.29. The first kappa shape index (κ1) is 28.7. The summed E-state index contributed by atoms with van der Waals surface area (Å²) >= 11 is 0. The molecule has 1 fully saturated rings. The van der Waals surface area contributed by atoms with Crippen molar-refractivity contribution in [2.24, 2.45) is 5.92 Å². The molecule has 1 N–H and O–H groups in total. The Balaban J connectivity index is 1.56. The summed E-state index contributed by atoms with van der Waals surface area (Å²) in [5.41, 5.74) is 0.330. The van der Waals surface area contributed by atoms with E-state index in [4.69, 9.17) is 39.2 Å². The maximum Gasteiger partial charge on any atom is 0.416 e. The first-order valence-electron chi connectivity index (χ1n) is 11.9. The molecule has 16 heteroatoms. The van der Waals surface area contributed by atoms with Crippen molar-refractivity contribution in [2.45, 2.75) is 49.6 Å². The lowest BCUT2D eigenvalue weighted by Gasteiger charge is -2.46. The van der Waals surface area contributed by atoms with E-state index in [0.717, 1.165) is 17.0 Å². The highest BCUT2D eigenvalue weighted by Gasteiger charge is 2.54. The Labute approximate surface area is 231 Å². The van der Waals surface area contributed by atoms with Gasteiger partial charge in [-0.05, 0) is 48.5 Å². The van der Waals surface area contributed by atoms with Gasteiger partial charge in [-0.1, -0.05) is 19.1 Å². The van der Waals surface area contributed by atoms with Crippen LogP contribution in [0.5, 0.6) is 0 Å². The molecule has 1 aliphatic heterocycles. The van der Waals surface area contributed by atoms with E-state index in [9.17, 15) is 18.0 Å². The van der Waals surface area contributed by atoms with Crippen molar-refractivity contribution in [3.05, 3.63) is 60.3 Å². The van der Waals surface area contributed by atoms with Crippen LogP contribution in [0, 0.1) is 5.92 Å². The number of carbonyl (C=O) groups excluding carboxylic acids is 1. The Bertz CT molecular complexity index is 1340. The van der Waals surface area contributed by atoms with Crippen molar-refractivity contribution >= 4 is 57.0 Å². The van der Waals surface area contributed by atoms with Gasteiger partial charge in [0.05, 0.1) is 62.9 Å². The SMILES string of the molecule is [B]C([B])([B])N1C(=O)N(c2ccnc(N[C@@H](C)c3cn(-c4ccc(C(F)(F)F)cc4)cn3)n2)[C@@H](C(C)C)C1([B])[B]. The fraction of sp³-hybridized carbons (Fsp3) is 0.391. The molecule has 2 atom stereocenters. The second kappa shape index (κ2) is 10.0. The number of nitrogens with one attached hydrogen (secondary N) is 1. The molecule has 0 bridgehead atoms. The van der Waals surface area contributed by atoms with Crippen molar-refractivity contribution in [1.29, 1.82) is 0 Å². The van der Waals surface area contributed by atoms with Crippen LogP contribution in [0.15, 0.2) is 49.1 Å². The predicted molar refractivity (Wildman–Crippen MR) is 145 cm³/mol. The Kier molecular flexibility index (Phi) is 7.37. The maximum atomic E-state index is 13.3. The van der Waals surface area contributed by atoms with Crippen LogP contribution in [-0.2, 0) is 6.18 Å². The zero-order chi connectivity index (χ0) is 28.9. The van der Waals surface area contributed by atoms with Crippen molar-refractivity contribution in [3.8, 4) is 5.69 Å². The standard InChI is InChI=1S/C23H21B5F3N7O/c1-12(2)18-21(24,25)38(23(26,27)28)20(39)37(18)17-8-9-32-19(35-17)34-13(3)16-10-36(11-33-16)15-6-4-14(5-7-15)22(29,30)31/h4-13,18H,1-3H3,(H,32,34,35)/t13-,18-/m0/s1. The zero-order valence-corrected chi connectivity index (χ0v) is 21.5. The van der Waals surface area contributed by atoms with Crippen LogP contribution in [0.4, 0.5) is 29.7 Å². The number of aromatic nitrogens is 4. The quantitative estimate of drug-likeness (QED) is 0.482. The highest BCUT2D eigenvalue weighted by Crippen LogP contribution is 2.38. The van der Waals surface area contributed by atoms with E-state index in [0.29, 0.717) is 11.4 Å². The van der Waals surface area contributed by atoms with Crippen LogP contribution in [0.25, 0.3) is 5.69 Å². The van der Waals surface area contributed by atoms with Crippen LogP contribution in [-0.4, -0.2) is 86.3 Å². The van der Waals surface area contributed by atoms with E-state index in [-0.39, 0.29) is 17.7 Å². The summed E-state index contributed by atoms with van der Waals surface area (Å²) in [4.78, 5) is 28.5. The fourth-order valence-electron chi connectivity index (χ4n) is 4.65. The minimum Gasteiger partial charge on any atom is -0.354 e. The normalized spacial score (nSPS) is 18.5. The van der Waals surface area contributed by atoms with Crippen molar-refractivity contribution in [3.63, 3.8) is 0 Å². The molecule has 8 nitrogen and oxygen atoms in total. The van der Waals surface area contributed by atoms with Crippen LogP contribution >= 0.6 is 0 Å². The van der Waals surface area contributed by atoms with E-state index < -0.39 is 40.4 Å². The third-order valence-electron chi connectivity index (χ3n) is 6.33. The number of halogens is 3. The lowest BCUT2D eigenvalue weighted by Crippen LogP contribution is -2.64. The van der Waals surface area contributed by atoms with Crippen LogP contribution < -0.4 is 10.2 Å². The molecule has 1 aliphatic rings. The van der Waals surface area contributed by atoms with Crippen molar-refractivity contribution in [2.75, 3.05) is 10.2 Å². The molecule has 39 heavy (non-hydrogen) atoms. The van der Waals surface area contributed by atoms with Crippen LogP contribution in [0.2, 0.25) is 0 Å². The maximum absolute atomic E-state index is 13.3. The van der Waals surface area contributed by atoms with Gasteiger partial charge in [-0.3, -0.25) is 4.90 Å². The highest BCUT2D eigenvalue weighted by molar-refractivity contribution is 6.61. The molecule has 2 aromatic heterocycles. The molecule has 0 aliphatic carbocycles. The van der Waals surface area contributed by atoms with E-state index in [1.165, 1.54) is 35.6 Å². The number of hydrogen-bond donors (Lipinski definition) is 1. The van der Waals surface area contributed by atoms with E-state index >= 15 is 0 Å². The van der Waals surface area contributed by atoms with Gasteiger partial charge in [0.15, 0.2) is 0 Å². The molecule has 3 heterocycles. The van der Waals surface area contributed by atoms with E-state index in [2.05, 4.69) is 20.3 Å². The minimum absolute atomic E-state index is 0.164. The molecule has 10 radical (unpaired) electrons. The Morgan fingerprint density at radius 1 is 1.03 bits per heavy atom. The first-order valence-corrected chi connectivity index (χ1v) is 11.9. The van der Waals surface area contributed by atoms with Gasteiger partial charge < -0.3 is 14.8 Å². The summed E-state index contributed by atoms with van der Waals surface area (Å²) < 4.78 is 40.2. The molecule has 0 saturated carbocycles. The molecule has 3 aromatic rings. The third-order valence-corrected chi connectivity index (χ3v) is 6.33. The van der Waals surface area contributed by atoms with Crippen LogP contribution in [0.3, 0.4) is 0 Å². The van der Waals surface area contributed by atoms with Crippen LogP contribution in [0.1, 0.15) is 38.1 Å². The van der Waals surface area contributed by atoms with E-state index in [1.54, 1.807) is 17.7 Å². The summed E-state index contributed by atoms with van der Waals surface area (Å²) in [5, 5.41) is -0.831. The number of imidazole rings is 1. The van der Waals surface area contributed by atoms with Gasteiger partial charge in [0.2, 0.25) is 5.95 Å². The van der Waals surface area contributed by atoms with Gasteiger partial charge in [0.25, 0.3) is 0 Å². The largest absolute Gasteiger partial charge is 0.416 e. The summed E-state index contributed by atoms with van der Waals surface area (Å²) in [7, 11) is 30.1. The number of hydrogen-bond acceptors (Lipinski definition) is 5. The second-order valence-corrected chi connectivity index (χ2v) is 9.81. The average molecular weight is 523 g/mol. The number of urea groups is 1. The highest BCUT2D eigenvalue weighted by atomic mass is 19.4. The van der Waals surface area contributed by atoms with Gasteiger partial charge in [-0.25, -0.2) is 14.8 Å². The number of rotatable bonds is 7. The summed E-state index contributed by atoms with van der Waals surface area (Å²) in [5.74, 6) is 0.110. The second-order valence-electron chi connectivity index (χ2n) is 9.81. The number of benzene rings is 1. The molecule has 0 spiro atoms. The minimum atomic E-state index is -4.42. The molecule has 4 rings (SSSR count). The summed E-state index contributed by atoms with van der Waals surface area (Å²) in [6.45, 7) is 5.44. The fourth-order valence-corrected chi connectivity index (χ4v) is 4.65. The van der Waals surface area contributed by atoms with Gasteiger partial charge in [0, 0.05) is 24.1 Å². The lowest BCUT2D eigenvalue weighted by atomic mass is 9.44. The number of nitrogens with zero attached hydrogens (tertiary/aromatic N) is 6. The Morgan fingerprint density at radius 3 is 2.23 bits per heavy atom. The third kappa shape index (κ3) is 5.56. The Morgan fingerprint density at radius 2 is 1.67 bits per heavy atom. The average Bonchev–Trinajstić information content (AvgIpc) is 3.39. The molecular weight excluding hydrogens is 501 g/mol. The van der Waals surface area contributed by atoms with Gasteiger partial charge in [0.1, 0.15) is 5.82 Å². The number of amides is 2. The van der Waals surface area contributed by atoms with Crippen molar-refractivity contribution < 1.29 is 18.0 Å². The van der Waals surface area contributed by atoms with Gasteiger partial charge >= 0.3 is 12.2 Å². The topological polar surface area (TPSA) is 79.2 Å². The molecule has 0 unspecified atom stereocenters. The van der Waals surface area contributed by atoms with Gasteiger partial charge in [-0.2, -0.15) is 18.2 Å². The van der Waals surface area contributed by atoms with Gasteiger partial charge in [-0.15, -0.1) is 0 Å². The van der Waals surface area contributed by atoms with E-state index in [1.807, 2.05) is 13.8 Å². The zero-order valence-electron chi connectivity index (χ0n) is 21.5. The monoisotopic (exact) mass is 523 g/mol. The predicted octanol–water partition coefficient (Wildman–Crippen LogP) is 2.23. The number of alkyl halides is 3. The Hall–Kier alpha value is -3.31. The van der Waals surface area contributed by atoms with Crippen molar-refractivity contribution in [1.82, 2.24) is 24.4 Å². The first-order chi connectivity index (χ1) is 18.0.